The van der Waals surface area contributed by atoms with Crippen LogP contribution in [-0.4, -0.2) is 60.9 Å². The lowest BCUT2D eigenvalue weighted by atomic mass is 9.86. The number of nitrogens with zero attached hydrogens (tertiary/aromatic N) is 1. The van der Waals surface area contributed by atoms with Gasteiger partial charge >= 0.3 is 12.1 Å². The molecule has 110 valence electrons. The van der Waals surface area contributed by atoms with E-state index < -0.39 is 42.5 Å². The molecule has 0 bridgehead atoms. The zero-order chi connectivity index (χ0) is 14.8. The number of rotatable bonds is 4. The van der Waals surface area contributed by atoms with Gasteiger partial charge in [-0.15, -0.1) is 0 Å². The molecule has 0 aromatic carbocycles. The van der Waals surface area contributed by atoms with Gasteiger partial charge in [-0.1, -0.05) is 0 Å². The van der Waals surface area contributed by atoms with Gasteiger partial charge in [0.2, 0.25) is 5.91 Å². The van der Waals surface area contributed by atoms with Crippen LogP contribution in [0.3, 0.4) is 0 Å². The number of ether oxygens (including phenoxy) is 1. The summed E-state index contributed by atoms with van der Waals surface area (Å²) in [6.45, 7) is -1.34. The summed E-state index contributed by atoms with van der Waals surface area (Å²) >= 11 is 0. The summed E-state index contributed by atoms with van der Waals surface area (Å²) in [4.78, 5) is 23.5. The lowest BCUT2D eigenvalue weighted by Crippen LogP contribution is -2.50. The highest BCUT2D eigenvalue weighted by Crippen LogP contribution is 2.45. The molecule has 1 aliphatic heterocycles. The minimum Gasteiger partial charge on any atom is -0.481 e. The van der Waals surface area contributed by atoms with Crippen LogP contribution in [0.2, 0.25) is 0 Å². The van der Waals surface area contributed by atoms with Gasteiger partial charge in [0, 0.05) is 20.2 Å². The fraction of sp³-hybridized carbons (Fsp3) is 0.800. The van der Waals surface area contributed by atoms with Gasteiger partial charge in [0.1, 0.15) is 6.04 Å². The molecule has 0 aromatic heterocycles. The minimum atomic E-state index is -4.92. The first-order valence-corrected chi connectivity index (χ1v) is 5.49. The third-order valence-corrected chi connectivity index (χ3v) is 3.20. The molecule has 0 aromatic rings. The van der Waals surface area contributed by atoms with Gasteiger partial charge in [-0.05, 0) is 6.42 Å². The molecular weight excluding hydrogens is 269 g/mol. The Morgan fingerprint density at radius 3 is 2.47 bits per heavy atom. The number of carbonyl (C=O) groups is 2. The number of halogens is 3. The van der Waals surface area contributed by atoms with Crippen molar-refractivity contribution in [1.29, 1.82) is 0 Å². The molecule has 19 heavy (non-hydrogen) atoms. The van der Waals surface area contributed by atoms with Crippen LogP contribution in [0.5, 0.6) is 0 Å². The number of hydrogen-bond donors (Lipinski definition) is 2. The molecule has 1 fully saturated rings. The predicted molar refractivity (Wildman–Crippen MR) is 57.2 cm³/mol. The van der Waals surface area contributed by atoms with E-state index in [1.165, 1.54) is 7.11 Å². The van der Waals surface area contributed by atoms with Gasteiger partial charge in [0.15, 0.2) is 5.41 Å². The van der Waals surface area contributed by atoms with Crippen molar-refractivity contribution >= 4 is 11.9 Å². The van der Waals surface area contributed by atoms with E-state index in [0.717, 1.165) is 4.90 Å². The summed E-state index contributed by atoms with van der Waals surface area (Å²) in [5.74, 6) is -2.72. The van der Waals surface area contributed by atoms with Crippen molar-refractivity contribution in [1.82, 2.24) is 4.90 Å². The van der Waals surface area contributed by atoms with Crippen LogP contribution in [0.15, 0.2) is 0 Å². The van der Waals surface area contributed by atoms with Crippen LogP contribution in [0.25, 0.3) is 0 Å². The fourth-order valence-electron chi connectivity index (χ4n) is 2.01. The van der Waals surface area contributed by atoms with Crippen LogP contribution in [0, 0.1) is 5.41 Å². The van der Waals surface area contributed by atoms with Crippen molar-refractivity contribution < 1.29 is 32.6 Å². The Balaban J connectivity index is 2.86. The van der Waals surface area contributed by atoms with Crippen LogP contribution in [0.1, 0.15) is 6.42 Å². The number of carboxylic acid groups (broad SMARTS) is 1. The zero-order valence-corrected chi connectivity index (χ0v) is 10.2. The number of aliphatic carboxylic acids is 1. The maximum absolute atomic E-state index is 12.9. The molecule has 1 aliphatic rings. The van der Waals surface area contributed by atoms with E-state index in [1.54, 1.807) is 0 Å². The molecule has 1 saturated heterocycles. The summed E-state index contributed by atoms with van der Waals surface area (Å²) in [7, 11) is 1.30. The molecule has 3 N–H and O–H groups in total. The summed E-state index contributed by atoms with van der Waals surface area (Å²) in [6, 6.07) is -1.09. The van der Waals surface area contributed by atoms with E-state index in [-0.39, 0.29) is 13.2 Å². The molecule has 2 atom stereocenters. The van der Waals surface area contributed by atoms with Crippen LogP contribution < -0.4 is 5.73 Å². The number of likely N-dealkylation sites (tertiary alicyclic amines) is 1. The van der Waals surface area contributed by atoms with Crippen molar-refractivity contribution in [3.05, 3.63) is 0 Å². The molecule has 0 spiro atoms. The topological polar surface area (TPSA) is 92.9 Å². The summed E-state index contributed by atoms with van der Waals surface area (Å²) in [5, 5.41) is 8.83. The van der Waals surface area contributed by atoms with Gasteiger partial charge in [-0.25, -0.2) is 0 Å². The lowest BCUT2D eigenvalue weighted by Gasteiger charge is -2.27. The molecular formula is C10H15F3N2O4. The van der Waals surface area contributed by atoms with E-state index in [4.69, 9.17) is 10.8 Å². The van der Waals surface area contributed by atoms with Crippen molar-refractivity contribution in [2.24, 2.45) is 11.1 Å². The van der Waals surface area contributed by atoms with E-state index in [0.29, 0.717) is 0 Å². The number of carbonyl (C=O) groups excluding carboxylic acids is 1. The van der Waals surface area contributed by atoms with Crippen LogP contribution >= 0.6 is 0 Å². The Labute approximate surface area is 107 Å². The van der Waals surface area contributed by atoms with E-state index >= 15 is 0 Å². The van der Waals surface area contributed by atoms with E-state index in [1.807, 2.05) is 0 Å². The van der Waals surface area contributed by atoms with Crippen LogP contribution in [0.4, 0.5) is 13.2 Å². The van der Waals surface area contributed by atoms with Gasteiger partial charge in [0.25, 0.3) is 0 Å². The van der Waals surface area contributed by atoms with Crippen molar-refractivity contribution in [3.8, 4) is 0 Å². The van der Waals surface area contributed by atoms with Crippen molar-refractivity contribution in [2.75, 3.05) is 26.8 Å². The van der Waals surface area contributed by atoms with Crippen molar-refractivity contribution in [2.45, 2.75) is 18.6 Å². The first kappa shape index (κ1) is 15.7. The molecule has 9 heteroatoms. The quantitative estimate of drug-likeness (QED) is 0.747. The van der Waals surface area contributed by atoms with E-state index in [9.17, 15) is 22.8 Å². The molecule has 1 rings (SSSR count). The second kappa shape index (κ2) is 5.33. The highest BCUT2D eigenvalue weighted by molar-refractivity contribution is 5.84. The Bertz CT molecular complexity index is 374. The molecule has 6 nitrogen and oxygen atoms in total. The first-order valence-electron chi connectivity index (χ1n) is 5.49. The number of alkyl halides is 3. The van der Waals surface area contributed by atoms with Crippen LogP contribution in [-0.2, 0) is 14.3 Å². The summed E-state index contributed by atoms with van der Waals surface area (Å²) in [5.41, 5.74) is 2.53. The molecule has 2 unspecified atom stereocenters. The first-order chi connectivity index (χ1) is 8.65. The van der Waals surface area contributed by atoms with E-state index in [2.05, 4.69) is 4.74 Å². The monoisotopic (exact) mass is 284 g/mol. The second-order valence-corrected chi connectivity index (χ2v) is 4.46. The Kier molecular flexibility index (Phi) is 4.41. The third-order valence-electron chi connectivity index (χ3n) is 3.20. The van der Waals surface area contributed by atoms with Crippen molar-refractivity contribution in [3.63, 3.8) is 0 Å². The predicted octanol–water partition coefficient (Wildman–Crippen LogP) is -0.174. The number of methoxy groups -OCH3 is 1. The second-order valence-electron chi connectivity index (χ2n) is 4.46. The Morgan fingerprint density at radius 2 is 2.11 bits per heavy atom. The molecule has 1 amide bonds. The molecule has 0 radical (unpaired) electrons. The lowest BCUT2D eigenvalue weighted by molar-refractivity contribution is -0.227. The Morgan fingerprint density at radius 1 is 1.53 bits per heavy atom. The highest BCUT2D eigenvalue weighted by atomic mass is 19.4. The zero-order valence-electron chi connectivity index (χ0n) is 10.2. The minimum absolute atomic E-state index is 0.137. The highest BCUT2D eigenvalue weighted by Gasteiger charge is 2.64. The molecule has 0 aliphatic carbocycles. The molecule has 1 heterocycles. The molecule has 0 saturated carbocycles. The number of nitrogens with two attached hydrogens (primary N) is 1. The average molecular weight is 284 g/mol. The van der Waals surface area contributed by atoms with Gasteiger partial charge in [-0.2, -0.15) is 13.2 Å². The third kappa shape index (κ3) is 2.81. The normalized spacial score (nSPS) is 25.4. The number of carboxylic acids is 1. The number of amides is 1. The van der Waals surface area contributed by atoms with Gasteiger partial charge in [0.05, 0.1) is 6.61 Å². The summed E-state index contributed by atoms with van der Waals surface area (Å²) < 4.78 is 43.3. The fourth-order valence-corrected chi connectivity index (χ4v) is 2.01. The standard InChI is InChI=1S/C10H15F3N2O4/c1-19-4-6(14)7(16)15-3-2-9(5-15,8(17)18)10(11,12)13/h6H,2-5,14H2,1H3,(H,17,18). The largest absolute Gasteiger partial charge is 0.481 e. The Hall–Kier alpha value is -1.35. The SMILES string of the molecule is COCC(N)C(=O)N1CCC(C(=O)O)(C(F)(F)F)C1. The maximum atomic E-state index is 12.9. The average Bonchev–Trinajstić information content (AvgIpc) is 2.73. The van der Waals surface area contributed by atoms with Gasteiger partial charge in [-0.3, -0.25) is 9.59 Å². The summed E-state index contributed by atoms with van der Waals surface area (Å²) in [6.07, 6.45) is -5.59. The smallest absolute Gasteiger partial charge is 0.406 e. The maximum Gasteiger partial charge on any atom is 0.406 e. The number of hydrogen-bond acceptors (Lipinski definition) is 4. The van der Waals surface area contributed by atoms with Gasteiger partial charge < -0.3 is 20.5 Å².